The van der Waals surface area contributed by atoms with E-state index in [1.165, 1.54) is 0 Å². The largest absolute Gasteiger partial charge is 0.346 e. The zero-order valence-corrected chi connectivity index (χ0v) is 17.6. The van der Waals surface area contributed by atoms with Crippen molar-refractivity contribution in [3.63, 3.8) is 0 Å². The van der Waals surface area contributed by atoms with Crippen molar-refractivity contribution < 1.29 is 9.59 Å². The summed E-state index contributed by atoms with van der Waals surface area (Å²) in [5, 5.41) is 7.47. The van der Waals surface area contributed by atoms with Gasteiger partial charge in [-0.1, -0.05) is 6.07 Å². The molecule has 3 aromatic heterocycles. The highest BCUT2D eigenvalue weighted by atomic mass is 16.2. The second-order valence-corrected chi connectivity index (χ2v) is 7.84. The number of rotatable bonds is 6. The molecule has 1 aliphatic rings. The summed E-state index contributed by atoms with van der Waals surface area (Å²) in [5.41, 5.74) is 2.89. The number of aromatic nitrogens is 4. The number of hydrogen-bond acceptors (Lipinski definition) is 5. The van der Waals surface area contributed by atoms with E-state index in [-0.39, 0.29) is 11.8 Å². The first-order valence-electron chi connectivity index (χ1n) is 10.5. The Labute approximate surface area is 181 Å². The minimum atomic E-state index is -0.140. The first-order valence-corrected chi connectivity index (χ1v) is 10.5. The maximum Gasteiger partial charge on any atom is 0.255 e. The molecule has 2 amide bonds. The summed E-state index contributed by atoms with van der Waals surface area (Å²) < 4.78 is 1.69. The van der Waals surface area contributed by atoms with Crippen LogP contribution >= 0.6 is 0 Å². The minimum Gasteiger partial charge on any atom is -0.346 e. The van der Waals surface area contributed by atoms with Crippen molar-refractivity contribution in [1.29, 1.82) is 0 Å². The lowest BCUT2D eigenvalue weighted by atomic mass is 9.91. The second-order valence-electron chi connectivity index (χ2n) is 7.84. The average molecular weight is 419 g/mol. The van der Waals surface area contributed by atoms with Gasteiger partial charge in [0, 0.05) is 50.5 Å². The van der Waals surface area contributed by atoms with Crippen LogP contribution in [0.1, 0.15) is 44.9 Å². The Balaban J connectivity index is 1.34. The SMILES string of the molecule is Cn1cc(C(=O)NCc2ccccn2)c(CC2CCN(C(=O)c3ccncc3)CC2)n1. The van der Waals surface area contributed by atoms with E-state index in [4.69, 9.17) is 0 Å². The Hall–Kier alpha value is -3.55. The van der Waals surface area contributed by atoms with Gasteiger partial charge >= 0.3 is 0 Å². The summed E-state index contributed by atoms with van der Waals surface area (Å²) in [7, 11) is 1.83. The lowest BCUT2D eigenvalue weighted by molar-refractivity contribution is 0.0690. The normalized spacial score (nSPS) is 14.4. The van der Waals surface area contributed by atoms with Gasteiger partial charge in [-0.25, -0.2) is 0 Å². The van der Waals surface area contributed by atoms with Crippen molar-refractivity contribution in [2.75, 3.05) is 13.1 Å². The molecule has 31 heavy (non-hydrogen) atoms. The summed E-state index contributed by atoms with van der Waals surface area (Å²) >= 11 is 0. The number of nitrogens with one attached hydrogen (secondary N) is 1. The molecule has 0 aromatic carbocycles. The molecule has 1 saturated heterocycles. The molecule has 0 radical (unpaired) electrons. The molecular formula is C23H26N6O2. The van der Waals surface area contributed by atoms with Gasteiger partial charge in [-0.15, -0.1) is 0 Å². The van der Waals surface area contributed by atoms with Gasteiger partial charge in [0.1, 0.15) is 0 Å². The molecule has 1 N–H and O–H groups in total. The number of pyridine rings is 2. The van der Waals surface area contributed by atoms with Crippen LogP contribution < -0.4 is 5.32 Å². The van der Waals surface area contributed by atoms with E-state index in [0.29, 0.717) is 36.7 Å². The molecule has 0 bridgehead atoms. The van der Waals surface area contributed by atoms with Crippen LogP contribution in [0.2, 0.25) is 0 Å². The van der Waals surface area contributed by atoms with Crippen molar-refractivity contribution >= 4 is 11.8 Å². The molecule has 0 unspecified atom stereocenters. The van der Waals surface area contributed by atoms with Gasteiger partial charge in [-0.2, -0.15) is 5.10 Å². The number of piperidine rings is 1. The van der Waals surface area contributed by atoms with Crippen LogP contribution in [0.3, 0.4) is 0 Å². The molecule has 3 aromatic rings. The number of likely N-dealkylation sites (tertiary alicyclic amines) is 1. The Morgan fingerprint density at radius 3 is 2.58 bits per heavy atom. The van der Waals surface area contributed by atoms with E-state index in [9.17, 15) is 9.59 Å². The van der Waals surface area contributed by atoms with Crippen LogP contribution in [0.5, 0.6) is 0 Å². The van der Waals surface area contributed by atoms with Crippen molar-refractivity contribution in [1.82, 2.24) is 30.0 Å². The third-order valence-corrected chi connectivity index (χ3v) is 5.62. The van der Waals surface area contributed by atoms with Gasteiger partial charge in [0.15, 0.2) is 0 Å². The van der Waals surface area contributed by atoms with Crippen LogP contribution in [0.15, 0.2) is 55.1 Å². The highest BCUT2D eigenvalue weighted by molar-refractivity contribution is 5.95. The molecule has 4 rings (SSSR count). The average Bonchev–Trinajstić information content (AvgIpc) is 3.18. The number of amides is 2. The fourth-order valence-corrected chi connectivity index (χ4v) is 3.93. The maximum atomic E-state index is 12.7. The highest BCUT2D eigenvalue weighted by Crippen LogP contribution is 2.24. The number of aryl methyl sites for hydroxylation is 1. The van der Waals surface area contributed by atoms with Crippen LogP contribution in [0.4, 0.5) is 0 Å². The zero-order valence-electron chi connectivity index (χ0n) is 17.6. The molecule has 0 aliphatic carbocycles. The molecule has 160 valence electrons. The predicted molar refractivity (Wildman–Crippen MR) is 115 cm³/mol. The van der Waals surface area contributed by atoms with E-state index >= 15 is 0 Å². The third-order valence-electron chi connectivity index (χ3n) is 5.62. The van der Waals surface area contributed by atoms with Crippen LogP contribution in [0.25, 0.3) is 0 Å². The Morgan fingerprint density at radius 1 is 1.10 bits per heavy atom. The van der Waals surface area contributed by atoms with Gasteiger partial charge in [0.2, 0.25) is 0 Å². The molecule has 1 fully saturated rings. The predicted octanol–water partition coefficient (Wildman–Crippen LogP) is 2.24. The van der Waals surface area contributed by atoms with Gasteiger partial charge in [0.25, 0.3) is 11.8 Å². The number of nitrogens with zero attached hydrogens (tertiary/aromatic N) is 5. The number of carbonyl (C=O) groups excluding carboxylic acids is 2. The summed E-state index contributed by atoms with van der Waals surface area (Å²) in [6.07, 6.45) is 9.27. The fraction of sp³-hybridized carbons (Fsp3) is 0.348. The molecule has 0 atom stereocenters. The summed E-state index contributed by atoms with van der Waals surface area (Å²) in [6, 6.07) is 9.12. The zero-order chi connectivity index (χ0) is 21.6. The monoisotopic (exact) mass is 418 g/mol. The molecule has 8 nitrogen and oxygen atoms in total. The van der Waals surface area contributed by atoms with Crippen molar-refractivity contribution in [3.05, 3.63) is 77.6 Å². The van der Waals surface area contributed by atoms with Crippen LogP contribution in [0, 0.1) is 5.92 Å². The van der Waals surface area contributed by atoms with Crippen molar-refractivity contribution in [2.24, 2.45) is 13.0 Å². The number of hydrogen-bond donors (Lipinski definition) is 1. The lowest BCUT2D eigenvalue weighted by Crippen LogP contribution is -2.39. The van der Waals surface area contributed by atoms with Gasteiger partial charge < -0.3 is 10.2 Å². The Kier molecular flexibility index (Phi) is 6.35. The van der Waals surface area contributed by atoms with Crippen molar-refractivity contribution in [2.45, 2.75) is 25.8 Å². The standard InChI is InChI=1S/C23H26N6O2/c1-28-16-20(22(30)26-15-19-4-2-3-9-25-19)21(27-28)14-17-7-12-29(13-8-17)23(31)18-5-10-24-11-6-18/h2-6,9-11,16-17H,7-8,12-15H2,1H3,(H,26,30). The minimum absolute atomic E-state index is 0.0493. The molecular weight excluding hydrogens is 392 g/mol. The quantitative estimate of drug-likeness (QED) is 0.663. The molecule has 0 saturated carbocycles. The molecule has 8 heteroatoms. The van der Waals surface area contributed by atoms with E-state index in [0.717, 1.165) is 30.7 Å². The van der Waals surface area contributed by atoms with Crippen LogP contribution in [-0.4, -0.2) is 49.6 Å². The van der Waals surface area contributed by atoms with Gasteiger partial charge in [-0.05, 0) is 49.4 Å². The van der Waals surface area contributed by atoms with E-state index in [1.807, 2.05) is 30.1 Å². The van der Waals surface area contributed by atoms with E-state index < -0.39 is 0 Å². The first kappa shape index (κ1) is 20.7. The summed E-state index contributed by atoms with van der Waals surface area (Å²) in [6.45, 7) is 1.79. The maximum absolute atomic E-state index is 12.7. The van der Waals surface area contributed by atoms with E-state index in [1.54, 1.807) is 41.6 Å². The number of carbonyl (C=O) groups is 2. The highest BCUT2D eigenvalue weighted by Gasteiger charge is 2.26. The molecule has 0 spiro atoms. The fourth-order valence-electron chi connectivity index (χ4n) is 3.93. The Morgan fingerprint density at radius 2 is 1.87 bits per heavy atom. The first-order chi connectivity index (χ1) is 15.1. The molecule has 1 aliphatic heterocycles. The van der Waals surface area contributed by atoms with Gasteiger partial charge in [0.05, 0.1) is 23.5 Å². The second kappa shape index (κ2) is 9.51. The summed E-state index contributed by atoms with van der Waals surface area (Å²) in [4.78, 5) is 35.5. The van der Waals surface area contributed by atoms with Gasteiger partial charge in [-0.3, -0.25) is 24.2 Å². The smallest absolute Gasteiger partial charge is 0.255 e. The third kappa shape index (κ3) is 5.14. The van der Waals surface area contributed by atoms with Crippen molar-refractivity contribution in [3.8, 4) is 0 Å². The summed E-state index contributed by atoms with van der Waals surface area (Å²) in [5.74, 6) is 0.297. The lowest BCUT2D eigenvalue weighted by Gasteiger charge is -2.32. The van der Waals surface area contributed by atoms with Crippen LogP contribution in [-0.2, 0) is 20.0 Å². The van der Waals surface area contributed by atoms with E-state index in [2.05, 4.69) is 20.4 Å². The molecule has 4 heterocycles. The topological polar surface area (TPSA) is 93.0 Å². The Bertz CT molecular complexity index is 1030.